The molecule has 0 saturated carbocycles. The summed E-state index contributed by atoms with van der Waals surface area (Å²) in [7, 11) is 1.75. The zero-order valence-electron chi connectivity index (χ0n) is 12.7. The molecule has 0 aliphatic rings. The molecule has 3 N–H and O–H groups in total. The van der Waals surface area contributed by atoms with E-state index in [-0.39, 0.29) is 12.1 Å². The van der Waals surface area contributed by atoms with Crippen LogP contribution in [0, 0.1) is 0 Å². The Balaban J connectivity index is 2.92. The summed E-state index contributed by atoms with van der Waals surface area (Å²) >= 11 is 0. The van der Waals surface area contributed by atoms with Crippen molar-refractivity contribution in [2.24, 2.45) is 0 Å². The Morgan fingerprint density at radius 2 is 1.90 bits per heavy atom. The molecule has 0 amide bonds. The maximum atomic E-state index is 9.15. The van der Waals surface area contributed by atoms with Crippen LogP contribution in [0.25, 0.3) is 0 Å². The van der Waals surface area contributed by atoms with E-state index in [1.165, 1.54) is 0 Å². The van der Waals surface area contributed by atoms with E-state index in [1.807, 2.05) is 13.8 Å². The van der Waals surface area contributed by atoms with Crippen LogP contribution in [0.1, 0.15) is 40.0 Å². The second-order valence-corrected chi connectivity index (χ2v) is 4.88. The summed E-state index contributed by atoms with van der Waals surface area (Å²) in [6.07, 6.45) is 2.36. The molecule has 114 valence electrons. The second-order valence-electron chi connectivity index (χ2n) is 4.88. The first-order valence-corrected chi connectivity index (χ1v) is 7.02. The van der Waals surface area contributed by atoms with Crippen molar-refractivity contribution in [2.75, 3.05) is 30.9 Å². The molecule has 1 atom stereocenters. The molecule has 0 aromatic carbocycles. The number of hydrogen-bond donors (Lipinski definition) is 3. The highest BCUT2D eigenvalue weighted by molar-refractivity contribution is 5.37. The Kier molecular flexibility index (Phi) is 6.44. The smallest absolute Gasteiger partial charge is 0.323 e. The van der Waals surface area contributed by atoms with Crippen LogP contribution < -0.4 is 15.4 Å². The van der Waals surface area contributed by atoms with Crippen molar-refractivity contribution in [3.8, 4) is 6.01 Å². The van der Waals surface area contributed by atoms with Gasteiger partial charge in [-0.15, -0.1) is 0 Å². The molecule has 0 fully saturated rings. The molecule has 1 heterocycles. The van der Waals surface area contributed by atoms with Crippen LogP contribution in [-0.4, -0.2) is 45.9 Å². The Bertz CT molecular complexity index is 416. The van der Waals surface area contributed by atoms with Crippen molar-refractivity contribution in [1.29, 1.82) is 0 Å². The summed E-state index contributed by atoms with van der Waals surface area (Å²) < 4.78 is 5.45. The van der Waals surface area contributed by atoms with E-state index in [1.54, 1.807) is 7.05 Å². The lowest BCUT2D eigenvalue weighted by Gasteiger charge is -2.29. The Morgan fingerprint density at radius 3 is 2.45 bits per heavy atom. The number of rotatable bonds is 9. The lowest BCUT2D eigenvalue weighted by molar-refractivity contribution is 0.251. The molecule has 0 spiro atoms. The van der Waals surface area contributed by atoms with Crippen molar-refractivity contribution in [2.45, 2.75) is 45.6 Å². The molecular weight excluding hydrogens is 258 g/mol. The third kappa shape index (κ3) is 4.80. The van der Waals surface area contributed by atoms with E-state index in [0.29, 0.717) is 30.9 Å². The fourth-order valence-corrected chi connectivity index (χ4v) is 1.63. The number of nitrogens with one attached hydrogen (secondary N) is 2. The van der Waals surface area contributed by atoms with Crippen LogP contribution in [0.5, 0.6) is 6.01 Å². The summed E-state index contributed by atoms with van der Waals surface area (Å²) in [5.41, 5.74) is -0.261. The van der Waals surface area contributed by atoms with E-state index in [4.69, 9.17) is 9.84 Å². The van der Waals surface area contributed by atoms with Crippen molar-refractivity contribution in [3.05, 3.63) is 0 Å². The number of anilines is 2. The molecule has 0 saturated heterocycles. The van der Waals surface area contributed by atoms with Gasteiger partial charge in [0.25, 0.3) is 0 Å². The highest BCUT2D eigenvalue weighted by Crippen LogP contribution is 2.21. The Labute approximate surface area is 120 Å². The van der Waals surface area contributed by atoms with Gasteiger partial charge < -0.3 is 20.5 Å². The highest BCUT2D eigenvalue weighted by Gasteiger charge is 2.23. The molecular formula is C13H25N5O2. The molecule has 0 bridgehead atoms. The monoisotopic (exact) mass is 283 g/mol. The van der Waals surface area contributed by atoms with Gasteiger partial charge in [-0.3, -0.25) is 0 Å². The molecule has 1 unspecified atom stereocenters. The van der Waals surface area contributed by atoms with Gasteiger partial charge in [0.2, 0.25) is 11.9 Å². The van der Waals surface area contributed by atoms with Crippen LogP contribution in [0.2, 0.25) is 0 Å². The predicted octanol–water partition coefficient (Wildman–Crippen LogP) is 1.67. The Hall–Kier alpha value is -1.63. The number of ether oxygens (including phenoxy) is 1. The molecule has 0 aliphatic heterocycles. The lowest BCUT2D eigenvalue weighted by atomic mass is 9.95. The normalized spacial score (nSPS) is 13.7. The van der Waals surface area contributed by atoms with Gasteiger partial charge in [0, 0.05) is 19.2 Å². The summed E-state index contributed by atoms with van der Waals surface area (Å²) in [5, 5.41) is 15.3. The number of aliphatic hydroxyl groups excluding tert-OH is 1. The minimum absolute atomic E-state index is 0.112. The predicted molar refractivity (Wildman–Crippen MR) is 79.2 cm³/mol. The molecule has 7 heteroatoms. The number of hydrogen-bond acceptors (Lipinski definition) is 7. The number of aromatic nitrogens is 3. The van der Waals surface area contributed by atoms with Crippen molar-refractivity contribution in [1.82, 2.24) is 15.0 Å². The average Bonchev–Trinajstić information content (AvgIpc) is 2.45. The fraction of sp³-hybridized carbons (Fsp3) is 0.769. The topological polar surface area (TPSA) is 92.2 Å². The summed E-state index contributed by atoms with van der Waals surface area (Å²) in [6, 6.07) is 0.302. The largest absolute Gasteiger partial charge is 0.463 e. The van der Waals surface area contributed by atoms with Crippen LogP contribution in [0.4, 0.5) is 11.9 Å². The van der Waals surface area contributed by atoms with Crippen molar-refractivity contribution >= 4 is 11.9 Å². The van der Waals surface area contributed by atoms with Gasteiger partial charge in [0.1, 0.15) is 0 Å². The fourth-order valence-electron chi connectivity index (χ4n) is 1.63. The third-order valence-electron chi connectivity index (χ3n) is 3.13. The van der Waals surface area contributed by atoms with Gasteiger partial charge in [0.15, 0.2) is 0 Å². The molecule has 7 nitrogen and oxygen atoms in total. The standard InChI is InChI=1S/C13H25N5O2/c1-5-9-20-12-16-10(14-4)15-11(17-12)18-13(3,6-2)7-8-19/h19H,5-9H2,1-4H3,(H2,14,15,16,17,18). The molecule has 1 aromatic heterocycles. The number of aliphatic hydroxyl groups is 1. The van der Waals surface area contributed by atoms with Gasteiger partial charge >= 0.3 is 6.01 Å². The first-order valence-electron chi connectivity index (χ1n) is 7.02. The summed E-state index contributed by atoms with van der Waals surface area (Å²) in [5.74, 6) is 0.907. The van der Waals surface area contributed by atoms with E-state index in [2.05, 4.69) is 32.5 Å². The second kappa shape index (κ2) is 7.84. The van der Waals surface area contributed by atoms with Gasteiger partial charge in [-0.25, -0.2) is 0 Å². The molecule has 1 aromatic rings. The maximum Gasteiger partial charge on any atom is 0.323 e. The van der Waals surface area contributed by atoms with Crippen LogP contribution in [-0.2, 0) is 0 Å². The molecule has 20 heavy (non-hydrogen) atoms. The van der Waals surface area contributed by atoms with Crippen molar-refractivity contribution < 1.29 is 9.84 Å². The molecule has 0 aliphatic carbocycles. The van der Waals surface area contributed by atoms with Gasteiger partial charge in [0.05, 0.1) is 6.61 Å². The maximum absolute atomic E-state index is 9.15. The van der Waals surface area contributed by atoms with E-state index in [0.717, 1.165) is 12.8 Å². The van der Waals surface area contributed by atoms with Gasteiger partial charge in [-0.2, -0.15) is 15.0 Å². The lowest BCUT2D eigenvalue weighted by Crippen LogP contribution is -2.36. The van der Waals surface area contributed by atoms with E-state index in [9.17, 15) is 0 Å². The highest BCUT2D eigenvalue weighted by atomic mass is 16.5. The van der Waals surface area contributed by atoms with Gasteiger partial charge in [-0.1, -0.05) is 13.8 Å². The van der Waals surface area contributed by atoms with Crippen molar-refractivity contribution in [3.63, 3.8) is 0 Å². The SMILES string of the molecule is CCCOc1nc(NC)nc(NC(C)(CC)CCO)n1. The van der Waals surface area contributed by atoms with Crippen LogP contribution in [0.3, 0.4) is 0 Å². The Morgan fingerprint density at radius 1 is 1.20 bits per heavy atom. The first-order chi connectivity index (χ1) is 9.56. The zero-order valence-corrected chi connectivity index (χ0v) is 12.7. The minimum atomic E-state index is -0.261. The quantitative estimate of drug-likeness (QED) is 0.634. The van der Waals surface area contributed by atoms with E-state index >= 15 is 0 Å². The first kappa shape index (κ1) is 16.4. The zero-order chi connectivity index (χ0) is 15.0. The molecule has 1 rings (SSSR count). The van der Waals surface area contributed by atoms with E-state index < -0.39 is 0 Å². The number of nitrogens with zero attached hydrogens (tertiary/aromatic N) is 3. The third-order valence-corrected chi connectivity index (χ3v) is 3.13. The average molecular weight is 283 g/mol. The van der Waals surface area contributed by atoms with Crippen LogP contribution in [0.15, 0.2) is 0 Å². The summed E-state index contributed by atoms with van der Waals surface area (Å²) in [6.45, 7) is 6.78. The minimum Gasteiger partial charge on any atom is -0.463 e. The van der Waals surface area contributed by atoms with Crippen LogP contribution >= 0.6 is 0 Å². The molecule has 0 radical (unpaired) electrons. The summed E-state index contributed by atoms with van der Waals surface area (Å²) in [4.78, 5) is 12.7. The van der Waals surface area contributed by atoms with Gasteiger partial charge in [-0.05, 0) is 26.2 Å².